The van der Waals surface area contributed by atoms with Crippen LogP contribution < -0.4 is 5.32 Å². The van der Waals surface area contributed by atoms with Crippen molar-refractivity contribution in [3.63, 3.8) is 0 Å². The molecule has 0 aromatic carbocycles. The van der Waals surface area contributed by atoms with Crippen LogP contribution in [0.4, 0.5) is 4.79 Å². The van der Waals surface area contributed by atoms with Crippen molar-refractivity contribution in [2.45, 2.75) is 19.2 Å². The van der Waals surface area contributed by atoms with E-state index in [0.717, 1.165) is 0 Å². The van der Waals surface area contributed by atoms with Crippen LogP contribution in [0.1, 0.15) is 13.8 Å². The van der Waals surface area contributed by atoms with Crippen LogP contribution in [0.15, 0.2) is 0 Å². The van der Waals surface area contributed by atoms with Gasteiger partial charge in [0.15, 0.2) is 0 Å². The highest BCUT2D eigenvalue weighted by Gasteiger charge is 2.00. The molecular formula is C5H11NO2S. The van der Waals surface area contributed by atoms with Crippen molar-refractivity contribution >= 4 is 18.7 Å². The van der Waals surface area contributed by atoms with E-state index in [2.05, 4.69) is 22.7 Å². The Morgan fingerprint density at radius 3 is 2.78 bits per heavy atom. The van der Waals surface area contributed by atoms with E-state index in [9.17, 15) is 4.79 Å². The minimum atomic E-state index is -0.417. The molecule has 0 bridgehead atoms. The zero-order chi connectivity index (χ0) is 7.28. The quantitative estimate of drug-likeness (QED) is 0.454. The van der Waals surface area contributed by atoms with Gasteiger partial charge < -0.3 is 10.1 Å². The summed E-state index contributed by atoms with van der Waals surface area (Å²) in [7, 11) is 0. The van der Waals surface area contributed by atoms with Crippen LogP contribution in [0.2, 0.25) is 0 Å². The molecular weight excluding hydrogens is 138 g/mol. The van der Waals surface area contributed by atoms with Gasteiger partial charge in [-0.1, -0.05) is 0 Å². The molecule has 1 N–H and O–H groups in total. The molecule has 0 aromatic heterocycles. The summed E-state index contributed by atoms with van der Waals surface area (Å²) >= 11 is 3.92. The van der Waals surface area contributed by atoms with Crippen molar-refractivity contribution in [3.05, 3.63) is 0 Å². The number of hydrogen-bond donors (Lipinski definition) is 2. The molecule has 0 spiro atoms. The SMILES string of the molecule is CCOC(=O)N[C@H](C)S. The number of nitrogens with one attached hydrogen (secondary N) is 1. The molecule has 0 unspecified atom stereocenters. The van der Waals surface area contributed by atoms with E-state index in [-0.39, 0.29) is 5.37 Å². The smallest absolute Gasteiger partial charge is 0.407 e. The molecule has 1 amide bonds. The summed E-state index contributed by atoms with van der Waals surface area (Å²) in [5.41, 5.74) is 0. The largest absolute Gasteiger partial charge is 0.450 e. The maximum absolute atomic E-state index is 10.5. The number of carbonyl (C=O) groups excluding carboxylic acids is 1. The molecule has 0 radical (unpaired) electrons. The number of carbonyl (C=O) groups is 1. The Labute approximate surface area is 60.2 Å². The van der Waals surface area contributed by atoms with Crippen molar-refractivity contribution in [2.75, 3.05) is 6.61 Å². The molecule has 0 aliphatic heterocycles. The molecule has 0 aromatic rings. The fourth-order valence-electron chi connectivity index (χ4n) is 0.343. The number of thiol groups is 1. The second-order valence-corrected chi connectivity index (χ2v) is 2.32. The Morgan fingerprint density at radius 1 is 1.89 bits per heavy atom. The van der Waals surface area contributed by atoms with Crippen LogP contribution in [-0.2, 0) is 4.74 Å². The topological polar surface area (TPSA) is 38.3 Å². The number of alkyl carbamates (subject to hydrolysis) is 1. The monoisotopic (exact) mass is 149 g/mol. The standard InChI is InChI=1S/C5H11NO2S/c1-3-8-5(7)6-4(2)9/h4,9H,3H2,1-2H3,(H,6,7)/t4-/m0/s1. The minimum absolute atomic E-state index is 0.149. The van der Waals surface area contributed by atoms with Gasteiger partial charge in [-0.2, -0.15) is 12.6 Å². The van der Waals surface area contributed by atoms with E-state index in [0.29, 0.717) is 6.61 Å². The van der Waals surface area contributed by atoms with E-state index < -0.39 is 6.09 Å². The van der Waals surface area contributed by atoms with Gasteiger partial charge in [-0.3, -0.25) is 0 Å². The molecule has 54 valence electrons. The zero-order valence-corrected chi connectivity index (χ0v) is 6.44. The second kappa shape index (κ2) is 4.49. The highest BCUT2D eigenvalue weighted by atomic mass is 32.1. The predicted molar refractivity (Wildman–Crippen MR) is 38.6 cm³/mol. The Kier molecular flexibility index (Phi) is 4.30. The lowest BCUT2D eigenvalue weighted by Gasteiger charge is -2.05. The van der Waals surface area contributed by atoms with Crippen molar-refractivity contribution < 1.29 is 9.53 Å². The van der Waals surface area contributed by atoms with Crippen LogP contribution in [0, 0.1) is 0 Å². The Morgan fingerprint density at radius 2 is 2.44 bits per heavy atom. The van der Waals surface area contributed by atoms with E-state index in [1.165, 1.54) is 0 Å². The molecule has 0 rings (SSSR count). The Balaban J connectivity index is 3.27. The van der Waals surface area contributed by atoms with Gasteiger partial charge in [0.2, 0.25) is 0 Å². The second-order valence-electron chi connectivity index (χ2n) is 1.54. The summed E-state index contributed by atoms with van der Waals surface area (Å²) in [6, 6.07) is 0. The van der Waals surface area contributed by atoms with Gasteiger partial charge in [0.25, 0.3) is 0 Å². The number of hydrogen-bond acceptors (Lipinski definition) is 3. The van der Waals surface area contributed by atoms with Crippen LogP contribution in [0.5, 0.6) is 0 Å². The highest BCUT2D eigenvalue weighted by molar-refractivity contribution is 7.80. The predicted octanol–water partition coefficient (Wildman–Crippen LogP) is 1.01. The molecule has 0 heterocycles. The molecule has 0 aliphatic carbocycles. The lowest BCUT2D eigenvalue weighted by Crippen LogP contribution is -2.29. The number of amides is 1. The fraction of sp³-hybridized carbons (Fsp3) is 0.800. The van der Waals surface area contributed by atoms with E-state index >= 15 is 0 Å². The summed E-state index contributed by atoms with van der Waals surface area (Å²) in [4.78, 5) is 10.5. The first-order valence-electron chi connectivity index (χ1n) is 2.78. The molecule has 0 fully saturated rings. The van der Waals surface area contributed by atoms with Crippen LogP contribution in [0.25, 0.3) is 0 Å². The van der Waals surface area contributed by atoms with Gasteiger partial charge in [-0.05, 0) is 13.8 Å². The van der Waals surface area contributed by atoms with Crippen LogP contribution in [0.3, 0.4) is 0 Å². The molecule has 9 heavy (non-hydrogen) atoms. The third-order valence-corrected chi connectivity index (χ3v) is 0.731. The molecule has 3 nitrogen and oxygen atoms in total. The lowest BCUT2D eigenvalue weighted by molar-refractivity contribution is 0.152. The van der Waals surface area contributed by atoms with Crippen LogP contribution in [-0.4, -0.2) is 18.1 Å². The third-order valence-electron chi connectivity index (χ3n) is 0.602. The first kappa shape index (κ1) is 8.62. The van der Waals surface area contributed by atoms with Gasteiger partial charge in [-0.15, -0.1) is 0 Å². The zero-order valence-electron chi connectivity index (χ0n) is 5.55. The average Bonchev–Trinajstić information content (AvgIpc) is 1.63. The Bertz CT molecular complexity index is 95.0. The molecule has 0 saturated carbocycles. The maximum Gasteiger partial charge on any atom is 0.407 e. The molecule has 1 atom stereocenters. The minimum Gasteiger partial charge on any atom is -0.450 e. The van der Waals surface area contributed by atoms with Gasteiger partial charge in [0.1, 0.15) is 0 Å². The average molecular weight is 149 g/mol. The number of rotatable bonds is 2. The molecule has 0 saturated heterocycles. The first-order chi connectivity index (χ1) is 4.16. The number of ether oxygens (including phenoxy) is 1. The van der Waals surface area contributed by atoms with Crippen LogP contribution >= 0.6 is 12.6 Å². The Hall–Kier alpha value is -0.380. The van der Waals surface area contributed by atoms with Gasteiger partial charge >= 0.3 is 6.09 Å². The summed E-state index contributed by atoms with van der Waals surface area (Å²) < 4.78 is 4.55. The van der Waals surface area contributed by atoms with E-state index in [4.69, 9.17) is 0 Å². The first-order valence-corrected chi connectivity index (χ1v) is 3.29. The normalized spacial score (nSPS) is 12.3. The van der Waals surface area contributed by atoms with Gasteiger partial charge in [0.05, 0.1) is 12.0 Å². The van der Waals surface area contributed by atoms with Crippen molar-refractivity contribution in [1.82, 2.24) is 5.32 Å². The maximum atomic E-state index is 10.5. The van der Waals surface area contributed by atoms with Crippen molar-refractivity contribution in [2.24, 2.45) is 0 Å². The third kappa shape index (κ3) is 5.49. The summed E-state index contributed by atoms with van der Waals surface area (Å²) in [5.74, 6) is 0. The summed E-state index contributed by atoms with van der Waals surface area (Å²) in [6.07, 6.45) is -0.417. The van der Waals surface area contributed by atoms with E-state index in [1.54, 1.807) is 13.8 Å². The molecule has 4 heteroatoms. The molecule has 0 aliphatic rings. The fourth-order valence-corrected chi connectivity index (χ4v) is 0.449. The van der Waals surface area contributed by atoms with Crippen molar-refractivity contribution in [1.29, 1.82) is 0 Å². The summed E-state index contributed by atoms with van der Waals surface area (Å²) in [5, 5.41) is 2.30. The lowest BCUT2D eigenvalue weighted by atomic mass is 10.7. The van der Waals surface area contributed by atoms with E-state index in [1.807, 2.05) is 0 Å². The van der Waals surface area contributed by atoms with Gasteiger partial charge in [-0.25, -0.2) is 4.79 Å². The highest BCUT2D eigenvalue weighted by Crippen LogP contribution is 1.86. The van der Waals surface area contributed by atoms with Crippen molar-refractivity contribution in [3.8, 4) is 0 Å². The van der Waals surface area contributed by atoms with Gasteiger partial charge in [0, 0.05) is 0 Å². The summed E-state index contributed by atoms with van der Waals surface area (Å²) in [6.45, 7) is 3.90.